The molecule has 2 aromatic carbocycles. The number of hydrogen-bond acceptors (Lipinski definition) is 3. The van der Waals surface area contributed by atoms with Crippen LogP contribution in [0.5, 0.6) is 5.75 Å². The molecule has 2 rings (SSSR count). The molecular formula is C23H26N2O2. The first-order valence-corrected chi connectivity index (χ1v) is 9.10. The monoisotopic (exact) mass is 362 g/mol. The summed E-state index contributed by atoms with van der Waals surface area (Å²) in [6, 6.07) is 15.8. The van der Waals surface area contributed by atoms with Gasteiger partial charge in [0.1, 0.15) is 24.0 Å². The molecule has 4 heteroatoms. The molecule has 0 saturated carbocycles. The lowest BCUT2D eigenvalue weighted by Crippen LogP contribution is -2.29. The van der Waals surface area contributed by atoms with Crippen molar-refractivity contribution in [2.75, 3.05) is 13.2 Å². The molecule has 1 amide bonds. The number of nitrogens with one attached hydrogen (secondary N) is 1. The van der Waals surface area contributed by atoms with Crippen molar-refractivity contribution in [3.05, 3.63) is 70.3 Å². The van der Waals surface area contributed by atoms with Crippen LogP contribution in [-0.2, 0) is 4.79 Å². The third kappa shape index (κ3) is 6.31. The number of amides is 1. The highest BCUT2D eigenvalue weighted by Crippen LogP contribution is 2.17. The minimum Gasteiger partial charge on any atom is -0.492 e. The lowest BCUT2D eigenvalue weighted by molar-refractivity contribution is -0.117. The molecule has 0 aliphatic rings. The molecule has 4 nitrogen and oxygen atoms in total. The molecule has 0 heterocycles. The predicted molar refractivity (Wildman–Crippen MR) is 109 cm³/mol. The molecule has 0 aromatic heterocycles. The second kappa shape index (κ2) is 9.59. The van der Waals surface area contributed by atoms with Crippen molar-refractivity contribution >= 4 is 12.0 Å². The maximum Gasteiger partial charge on any atom is 0.262 e. The van der Waals surface area contributed by atoms with Gasteiger partial charge in [0.2, 0.25) is 0 Å². The number of carbonyl (C=O) groups is 1. The normalized spacial score (nSPS) is 11.2. The lowest BCUT2D eigenvalue weighted by atomic mass is 10.0. The van der Waals surface area contributed by atoms with Crippen molar-refractivity contribution in [2.45, 2.75) is 33.6 Å². The Morgan fingerprint density at radius 1 is 1.15 bits per heavy atom. The molecule has 1 N–H and O–H groups in total. The minimum absolute atomic E-state index is 0.0821. The van der Waals surface area contributed by atoms with Crippen LogP contribution in [0.1, 0.15) is 42.0 Å². The fourth-order valence-corrected chi connectivity index (χ4v) is 2.74. The van der Waals surface area contributed by atoms with Crippen molar-refractivity contribution in [3.63, 3.8) is 0 Å². The summed E-state index contributed by atoms with van der Waals surface area (Å²) >= 11 is 0. The Labute approximate surface area is 161 Å². The zero-order chi connectivity index (χ0) is 19.8. The summed E-state index contributed by atoms with van der Waals surface area (Å²) in [6.07, 6.45) is 1.60. The predicted octanol–water partition coefficient (Wildman–Crippen LogP) is 4.53. The van der Waals surface area contributed by atoms with Crippen molar-refractivity contribution < 1.29 is 9.53 Å². The molecule has 0 bridgehead atoms. The number of carbonyl (C=O) groups excluding carboxylic acids is 1. The van der Waals surface area contributed by atoms with E-state index >= 15 is 0 Å². The number of hydrogen-bond donors (Lipinski definition) is 1. The van der Waals surface area contributed by atoms with Gasteiger partial charge in [0.15, 0.2) is 0 Å². The van der Waals surface area contributed by atoms with E-state index in [0.717, 1.165) is 22.4 Å². The van der Waals surface area contributed by atoms with E-state index in [1.807, 2.05) is 56.3 Å². The molecule has 0 saturated heterocycles. The van der Waals surface area contributed by atoms with Gasteiger partial charge in [0.05, 0.1) is 6.54 Å². The van der Waals surface area contributed by atoms with Crippen LogP contribution in [0.25, 0.3) is 6.08 Å². The second-order valence-corrected chi connectivity index (χ2v) is 6.92. The molecule has 2 aromatic rings. The fourth-order valence-electron chi connectivity index (χ4n) is 2.74. The van der Waals surface area contributed by atoms with Crippen LogP contribution in [0.4, 0.5) is 0 Å². The van der Waals surface area contributed by atoms with Gasteiger partial charge in [-0.3, -0.25) is 4.79 Å². The van der Waals surface area contributed by atoms with E-state index in [1.54, 1.807) is 6.08 Å². The van der Waals surface area contributed by atoms with Crippen LogP contribution >= 0.6 is 0 Å². The first-order valence-electron chi connectivity index (χ1n) is 9.10. The Hall–Kier alpha value is -3.06. The quantitative estimate of drug-likeness (QED) is 0.447. The van der Waals surface area contributed by atoms with Crippen molar-refractivity contribution in [2.24, 2.45) is 0 Å². The van der Waals surface area contributed by atoms with Crippen LogP contribution in [0.2, 0.25) is 0 Å². The Morgan fingerprint density at radius 3 is 2.33 bits per heavy atom. The minimum atomic E-state index is -0.394. The molecule has 0 fully saturated rings. The summed E-state index contributed by atoms with van der Waals surface area (Å²) in [5, 5.41) is 12.0. The van der Waals surface area contributed by atoms with E-state index in [-0.39, 0.29) is 5.57 Å². The number of aryl methyl sites for hydroxylation is 2. The van der Waals surface area contributed by atoms with Gasteiger partial charge < -0.3 is 10.1 Å². The van der Waals surface area contributed by atoms with E-state index in [1.165, 1.54) is 5.56 Å². The third-order valence-electron chi connectivity index (χ3n) is 4.13. The van der Waals surface area contributed by atoms with Crippen molar-refractivity contribution in [1.29, 1.82) is 5.26 Å². The Balaban J connectivity index is 1.90. The molecule has 27 heavy (non-hydrogen) atoms. The van der Waals surface area contributed by atoms with Gasteiger partial charge in [0.25, 0.3) is 5.91 Å². The fraction of sp³-hybridized carbons (Fsp3) is 0.304. The van der Waals surface area contributed by atoms with Crippen LogP contribution in [0.15, 0.2) is 48.0 Å². The van der Waals surface area contributed by atoms with Gasteiger partial charge in [-0.2, -0.15) is 5.26 Å². The van der Waals surface area contributed by atoms with Crippen molar-refractivity contribution in [3.8, 4) is 11.8 Å². The van der Waals surface area contributed by atoms with E-state index in [2.05, 4.69) is 25.2 Å². The number of nitrogens with zero attached hydrogens (tertiary/aromatic N) is 1. The average molecular weight is 362 g/mol. The van der Waals surface area contributed by atoms with E-state index in [4.69, 9.17) is 4.74 Å². The van der Waals surface area contributed by atoms with Gasteiger partial charge in [-0.15, -0.1) is 0 Å². The molecule has 0 atom stereocenters. The largest absolute Gasteiger partial charge is 0.492 e. The number of rotatable bonds is 7. The van der Waals surface area contributed by atoms with Gasteiger partial charge >= 0.3 is 0 Å². The van der Waals surface area contributed by atoms with Gasteiger partial charge in [-0.25, -0.2) is 0 Å². The molecule has 0 unspecified atom stereocenters. The molecule has 0 radical (unpaired) electrons. The Morgan fingerprint density at radius 2 is 1.78 bits per heavy atom. The number of benzene rings is 2. The highest BCUT2D eigenvalue weighted by atomic mass is 16.5. The average Bonchev–Trinajstić information content (AvgIpc) is 2.62. The zero-order valence-electron chi connectivity index (χ0n) is 16.4. The number of ether oxygens (including phenoxy) is 1. The highest BCUT2D eigenvalue weighted by molar-refractivity contribution is 6.01. The summed E-state index contributed by atoms with van der Waals surface area (Å²) in [4.78, 5) is 12.2. The van der Waals surface area contributed by atoms with Crippen LogP contribution in [-0.4, -0.2) is 19.1 Å². The maximum atomic E-state index is 12.2. The summed E-state index contributed by atoms with van der Waals surface area (Å²) in [5.41, 5.74) is 4.40. The summed E-state index contributed by atoms with van der Waals surface area (Å²) in [6.45, 7) is 8.95. The molecule has 0 aliphatic heterocycles. The van der Waals surface area contributed by atoms with E-state index in [0.29, 0.717) is 19.1 Å². The summed E-state index contributed by atoms with van der Waals surface area (Å²) in [7, 11) is 0. The first-order chi connectivity index (χ1) is 12.9. The summed E-state index contributed by atoms with van der Waals surface area (Å²) in [5.74, 6) is 0.830. The first kappa shape index (κ1) is 20.3. The third-order valence-corrected chi connectivity index (χ3v) is 4.13. The van der Waals surface area contributed by atoms with Gasteiger partial charge in [0, 0.05) is 0 Å². The standard InChI is InChI=1S/C23H26N2O2/c1-16(2)20-7-5-19(6-8-20)14-21(15-24)23(26)25-9-10-27-22-12-17(3)11-18(4)13-22/h5-8,11-14,16H,9-10H2,1-4H3,(H,25,26). The zero-order valence-corrected chi connectivity index (χ0v) is 16.4. The van der Waals surface area contributed by atoms with Gasteiger partial charge in [-0.05, 0) is 60.2 Å². The van der Waals surface area contributed by atoms with Crippen LogP contribution in [0, 0.1) is 25.2 Å². The molecular weight excluding hydrogens is 336 g/mol. The lowest BCUT2D eigenvalue weighted by Gasteiger charge is -2.09. The molecule has 0 spiro atoms. The SMILES string of the molecule is Cc1cc(C)cc(OCCNC(=O)C(C#N)=Cc2ccc(C(C)C)cc2)c1. The second-order valence-electron chi connectivity index (χ2n) is 6.92. The molecule has 0 aliphatic carbocycles. The van der Waals surface area contributed by atoms with E-state index < -0.39 is 5.91 Å². The maximum absolute atomic E-state index is 12.2. The summed E-state index contributed by atoms with van der Waals surface area (Å²) < 4.78 is 5.67. The Bertz CT molecular complexity index is 839. The Kier molecular flexibility index (Phi) is 7.19. The van der Waals surface area contributed by atoms with Crippen molar-refractivity contribution in [1.82, 2.24) is 5.32 Å². The smallest absolute Gasteiger partial charge is 0.262 e. The highest BCUT2D eigenvalue weighted by Gasteiger charge is 2.09. The van der Waals surface area contributed by atoms with Crippen LogP contribution in [0.3, 0.4) is 0 Å². The van der Waals surface area contributed by atoms with Gasteiger partial charge in [-0.1, -0.05) is 44.2 Å². The topological polar surface area (TPSA) is 62.1 Å². The molecule has 140 valence electrons. The van der Waals surface area contributed by atoms with Crippen LogP contribution < -0.4 is 10.1 Å². The van der Waals surface area contributed by atoms with E-state index in [9.17, 15) is 10.1 Å². The number of nitriles is 1.